The van der Waals surface area contributed by atoms with Crippen LogP contribution in [0.5, 0.6) is 0 Å². The fourth-order valence-corrected chi connectivity index (χ4v) is 6.02. The van der Waals surface area contributed by atoms with Crippen LogP contribution in [0.1, 0.15) is 36.9 Å². The van der Waals surface area contributed by atoms with E-state index in [1.165, 1.54) is 15.8 Å². The molecule has 0 spiro atoms. The van der Waals surface area contributed by atoms with Gasteiger partial charge in [-0.3, -0.25) is 0 Å². The third-order valence-electron chi connectivity index (χ3n) is 6.90. The fourth-order valence-electron chi connectivity index (χ4n) is 5.05. The topological polar surface area (TPSA) is 51.8 Å². The van der Waals surface area contributed by atoms with Crippen molar-refractivity contribution in [3.63, 3.8) is 0 Å². The van der Waals surface area contributed by atoms with Gasteiger partial charge >= 0.3 is 0 Å². The average Bonchev–Trinajstić information content (AvgIpc) is 3.54. The number of aryl methyl sites for hydroxylation is 2. The first-order chi connectivity index (χ1) is 19.8. The maximum Gasteiger partial charge on any atom is 0.122 e. The molecule has 0 saturated heterocycles. The molecular weight excluding hydrogens is 715 g/mol. The summed E-state index contributed by atoms with van der Waals surface area (Å²) < 4.78 is 7.52. The molecule has 3 aromatic carbocycles. The number of thiazole rings is 1. The first-order valence-electron chi connectivity index (χ1n) is 13.7. The van der Waals surface area contributed by atoms with E-state index in [1.54, 1.807) is 17.5 Å². The summed E-state index contributed by atoms with van der Waals surface area (Å²) in [5, 5.41) is 3.31. The maximum absolute atomic E-state index is 6.33. The van der Waals surface area contributed by atoms with Crippen molar-refractivity contribution in [1.82, 2.24) is 15.0 Å². The molecule has 4 aromatic heterocycles. The molecule has 0 aliphatic heterocycles. The van der Waals surface area contributed by atoms with E-state index in [4.69, 9.17) is 9.40 Å². The van der Waals surface area contributed by atoms with Gasteiger partial charge in [0.2, 0.25) is 0 Å². The molecular formula is C36H31IrN3OS-2. The Morgan fingerprint density at radius 2 is 1.71 bits per heavy atom. The second-order valence-corrected chi connectivity index (χ2v) is 12.6. The summed E-state index contributed by atoms with van der Waals surface area (Å²) in [5.41, 5.74) is 9.37. The molecule has 0 amide bonds. The van der Waals surface area contributed by atoms with Gasteiger partial charge in [-0.2, -0.15) is 0 Å². The predicted octanol–water partition coefficient (Wildman–Crippen LogP) is 9.81. The molecule has 0 aliphatic carbocycles. The van der Waals surface area contributed by atoms with E-state index in [0.717, 1.165) is 61.4 Å². The third kappa shape index (κ3) is 6.22. The fraction of sp³-hybridized carbons (Fsp3) is 0.194. The molecule has 0 bridgehead atoms. The number of pyridine rings is 2. The van der Waals surface area contributed by atoms with Gasteiger partial charge in [-0.05, 0) is 60.8 Å². The van der Waals surface area contributed by atoms with Gasteiger partial charge in [0.1, 0.15) is 5.58 Å². The number of aromatic nitrogens is 3. The molecule has 1 radical (unpaired) electrons. The summed E-state index contributed by atoms with van der Waals surface area (Å²) in [7, 11) is 0. The summed E-state index contributed by atoms with van der Waals surface area (Å²) in [6, 6.07) is 30.5. The predicted molar refractivity (Wildman–Crippen MR) is 170 cm³/mol. The quantitative estimate of drug-likeness (QED) is 0.169. The van der Waals surface area contributed by atoms with Crippen molar-refractivity contribution in [2.75, 3.05) is 0 Å². The number of furan rings is 1. The molecule has 0 saturated carbocycles. The molecule has 0 atom stereocenters. The van der Waals surface area contributed by atoms with Gasteiger partial charge in [0.15, 0.2) is 0 Å². The number of rotatable bonds is 3. The summed E-state index contributed by atoms with van der Waals surface area (Å²) in [6.45, 7) is 11.0. The molecule has 42 heavy (non-hydrogen) atoms. The summed E-state index contributed by atoms with van der Waals surface area (Å²) >= 11 is 1.72. The molecule has 4 nitrogen and oxygen atoms in total. The molecule has 213 valence electrons. The van der Waals surface area contributed by atoms with E-state index in [9.17, 15) is 0 Å². The second kappa shape index (κ2) is 12.3. The van der Waals surface area contributed by atoms with Crippen molar-refractivity contribution in [2.45, 2.75) is 41.0 Å². The van der Waals surface area contributed by atoms with Gasteiger partial charge < -0.3 is 14.4 Å². The van der Waals surface area contributed by atoms with E-state index >= 15 is 0 Å². The van der Waals surface area contributed by atoms with Crippen LogP contribution in [0.4, 0.5) is 0 Å². The molecule has 7 aromatic rings. The number of nitrogens with zero attached hydrogens (tertiary/aromatic N) is 3. The standard InChI is InChI=1S/C25H23N2OS.C11H8N.Ir/c1-14-13-26-20(11-16(14)12-25(3,4)5)17-7-6-8-18-22-21(28-23(17)18)10-9-19-24(22)29-15(2)27-19;1-2-6-10(7-3-1)11-8-4-5-9-12-11;/h6,8-11,13H,12H2,1-5H3;1-6,8-9H;/q2*-1;. The van der Waals surface area contributed by atoms with E-state index in [0.29, 0.717) is 0 Å². The molecule has 6 heteroatoms. The van der Waals surface area contributed by atoms with Crippen LogP contribution in [0.2, 0.25) is 0 Å². The summed E-state index contributed by atoms with van der Waals surface area (Å²) in [5.74, 6) is 0. The van der Waals surface area contributed by atoms with Gasteiger partial charge in [-0.25, -0.2) is 4.98 Å². The monoisotopic (exact) mass is 746 g/mol. The normalized spacial score (nSPS) is 11.4. The van der Waals surface area contributed by atoms with Crippen LogP contribution < -0.4 is 0 Å². The van der Waals surface area contributed by atoms with E-state index < -0.39 is 0 Å². The van der Waals surface area contributed by atoms with Crippen LogP contribution in [0, 0.1) is 31.4 Å². The Morgan fingerprint density at radius 1 is 0.881 bits per heavy atom. The number of fused-ring (bicyclic) bond motifs is 5. The number of hydrogen-bond acceptors (Lipinski definition) is 5. The van der Waals surface area contributed by atoms with Crippen molar-refractivity contribution in [3.05, 3.63) is 113 Å². The first-order valence-corrected chi connectivity index (χ1v) is 14.6. The van der Waals surface area contributed by atoms with Crippen molar-refractivity contribution in [1.29, 1.82) is 0 Å². The van der Waals surface area contributed by atoms with E-state index in [1.807, 2.05) is 73.8 Å². The Morgan fingerprint density at radius 3 is 2.45 bits per heavy atom. The molecule has 0 unspecified atom stereocenters. The van der Waals surface area contributed by atoms with Crippen LogP contribution in [0.15, 0.2) is 89.6 Å². The second-order valence-electron chi connectivity index (χ2n) is 11.4. The Balaban J connectivity index is 0.000000228. The molecule has 7 rings (SSSR count). The minimum absolute atomic E-state index is 0. The van der Waals surface area contributed by atoms with Crippen molar-refractivity contribution in [2.24, 2.45) is 5.41 Å². The van der Waals surface area contributed by atoms with Crippen LogP contribution in [-0.2, 0) is 26.5 Å². The van der Waals surface area contributed by atoms with Crippen LogP contribution in [-0.4, -0.2) is 15.0 Å². The first kappa shape index (κ1) is 29.8. The van der Waals surface area contributed by atoms with Crippen molar-refractivity contribution < 1.29 is 24.5 Å². The third-order valence-corrected chi connectivity index (χ3v) is 7.90. The molecule has 0 fully saturated rings. The Hall–Kier alpha value is -3.70. The van der Waals surface area contributed by atoms with Gasteiger partial charge in [-0.15, -0.1) is 65.4 Å². The van der Waals surface area contributed by atoms with Crippen LogP contribution in [0.25, 0.3) is 54.7 Å². The van der Waals surface area contributed by atoms with Crippen LogP contribution in [0.3, 0.4) is 0 Å². The maximum atomic E-state index is 6.33. The smallest absolute Gasteiger partial charge is 0.122 e. The number of hydrogen-bond donors (Lipinski definition) is 0. The average molecular weight is 746 g/mol. The minimum Gasteiger partial charge on any atom is -0.501 e. The molecule has 0 aliphatic rings. The SMILES string of the molecule is Cc1nc2ccc3oc4c(-c5cc(CC(C)(C)C)c(C)cn5)[c-]ccc4c3c2s1.[Ir].[c-]1ccccc1-c1ccccn1. The van der Waals surface area contributed by atoms with Gasteiger partial charge in [0, 0.05) is 37.9 Å². The molecule has 4 heterocycles. The van der Waals surface area contributed by atoms with Gasteiger partial charge in [0.25, 0.3) is 0 Å². The Bertz CT molecular complexity index is 1930. The summed E-state index contributed by atoms with van der Waals surface area (Å²) in [4.78, 5) is 13.6. The number of benzene rings is 3. The largest absolute Gasteiger partial charge is 0.501 e. The van der Waals surface area contributed by atoms with Gasteiger partial charge in [0.05, 0.1) is 20.8 Å². The summed E-state index contributed by atoms with van der Waals surface area (Å²) in [6.07, 6.45) is 4.76. The molecule has 0 N–H and O–H groups in total. The van der Waals surface area contributed by atoms with E-state index in [-0.39, 0.29) is 25.5 Å². The van der Waals surface area contributed by atoms with Crippen molar-refractivity contribution >= 4 is 43.5 Å². The van der Waals surface area contributed by atoms with Crippen molar-refractivity contribution in [3.8, 4) is 22.5 Å². The Labute approximate surface area is 264 Å². The zero-order chi connectivity index (χ0) is 28.6. The van der Waals surface area contributed by atoms with Gasteiger partial charge in [-0.1, -0.05) is 55.5 Å². The zero-order valence-corrected chi connectivity index (χ0v) is 27.5. The van der Waals surface area contributed by atoms with Crippen LogP contribution >= 0.6 is 11.3 Å². The minimum atomic E-state index is 0. The zero-order valence-electron chi connectivity index (χ0n) is 24.3. The Kier molecular flexibility index (Phi) is 8.70. The van der Waals surface area contributed by atoms with E-state index in [2.05, 4.69) is 61.9 Å².